The van der Waals surface area contributed by atoms with E-state index in [4.69, 9.17) is 10.6 Å². The van der Waals surface area contributed by atoms with Crippen LogP contribution in [0.25, 0.3) is 0 Å². The monoisotopic (exact) mass is 382 g/mol. The quantitative estimate of drug-likeness (QED) is 0.564. The highest BCUT2D eigenvalue weighted by Gasteiger charge is 2.43. The number of aromatic nitrogens is 1. The van der Waals surface area contributed by atoms with E-state index in [0.717, 1.165) is 10.2 Å². The molecule has 1 aromatic heterocycles. The van der Waals surface area contributed by atoms with E-state index in [1.807, 2.05) is 30.3 Å². The van der Waals surface area contributed by atoms with Gasteiger partial charge in [0.2, 0.25) is 11.3 Å². The maximum Gasteiger partial charge on any atom is 0.274 e. The summed E-state index contributed by atoms with van der Waals surface area (Å²) in [6.07, 6.45) is 2.88. The molecule has 3 N–H and O–H groups in total. The van der Waals surface area contributed by atoms with Crippen LogP contribution in [-0.2, 0) is 11.4 Å². The lowest BCUT2D eigenvalue weighted by Gasteiger charge is -2.48. The summed E-state index contributed by atoms with van der Waals surface area (Å²) in [4.78, 5) is 38.3. The molecule has 146 valence electrons. The van der Waals surface area contributed by atoms with Crippen molar-refractivity contribution in [2.75, 3.05) is 18.9 Å². The fourth-order valence-electron chi connectivity index (χ4n) is 3.02. The second-order valence-corrected chi connectivity index (χ2v) is 6.73. The highest BCUT2D eigenvalue weighted by molar-refractivity contribution is 5.96. The smallest absolute Gasteiger partial charge is 0.274 e. The second-order valence-electron chi connectivity index (χ2n) is 6.73. The van der Waals surface area contributed by atoms with Crippen LogP contribution in [-0.4, -0.2) is 40.0 Å². The minimum atomic E-state index is -0.772. The van der Waals surface area contributed by atoms with Gasteiger partial charge in [0.05, 0.1) is 5.54 Å². The minimum absolute atomic E-state index is 0.0888. The van der Waals surface area contributed by atoms with Crippen molar-refractivity contribution in [1.82, 2.24) is 14.9 Å². The lowest BCUT2D eigenvalue weighted by molar-refractivity contribution is -0.135. The second kappa shape index (κ2) is 7.59. The number of likely N-dealkylation sites (tertiary alicyclic amines) is 1. The van der Waals surface area contributed by atoms with Crippen LogP contribution in [0, 0.1) is 0 Å². The first kappa shape index (κ1) is 19.2. The molecule has 2 heterocycles. The summed E-state index contributed by atoms with van der Waals surface area (Å²) in [6.45, 7) is 5.93. The lowest BCUT2D eigenvalue weighted by Crippen LogP contribution is -2.70. The van der Waals surface area contributed by atoms with Crippen LogP contribution < -0.4 is 21.3 Å². The van der Waals surface area contributed by atoms with Crippen LogP contribution in [0.5, 0.6) is 5.75 Å². The summed E-state index contributed by atoms with van der Waals surface area (Å²) in [5, 5.41) is 2.82. The Morgan fingerprint density at radius 2 is 1.96 bits per heavy atom. The maximum absolute atomic E-state index is 12.9. The number of hydrogen-bond acceptors (Lipinski definition) is 5. The number of carbonyl (C=O) groups is 2. The van der Waals surface area contributed by atoms with Gasteiger partial charge >= 0.3 is 0 Å². The predicted octanol–water partition coefficient (Wildman–Crippen LogP) is 0.658. The zero-order valence-electron chi connectivity index (χ0n) is 15.6. The van der Waals surface area contributed by atoms with Crippen LogP contribution in [0.1, 0.15) is 23.0 Å². The van der Waals surface area contributed by atoms with Crippen molar-refractivity contribution in [2.24, 2.45) is 0 Å². The van der Waals surface area contributed by atoms with Gasteiger partial charge in [0, 0.05) is 32.3 Å². The Morgan fingerprint density at radius 3 is 2.57 bits per heavy atom. The van der Waals surface area contributed by atoms with Crippen LogP contribution in [0.4, 0.5) is 0 Å². The zero-order valence-corrected chi connectivity index (χ0v) is 15.6. The number of nitrogens with one attached hydrogen (secondary N) is 1. The SMILES string of the molecule is C=CC1(NC(=O)c2c(OCc3ccccc3)c(=O)ccn2N)CN(C(C)=O)C1. The van der Waals surface area contributed by atoms with E-state index in [1.165, 1.54) is 19.2 Å². The molecule has 28 heavy (non-hydrogen) atoms. The fourth-order valence-corrected chi connectivity index (χ4v) is 3.02. The van der Waals surface area contributed by atoms with Crippen molar-refractivity contribution in [1.29, 1.82) is 0 Å². The Labute approximate surface area is 162 Å². The summed E-state index contributed by atoms with van der Waals surface area (Å²) in [7, 11) is 0. The van der Waals surface area contributed by atoms with Crippen molar-refractivity contribution in [3.63, 3.8) is 0 Å². The molecule has 3 rings (SSSR count). The predicted molar refractivity (Wildman–Crippen MR) is 104 cm³/mol. The number of rotatable bonds is 6. The van der Waals surface area contributed by atoms with Gasteiger partial charge in [-0.15, -0.1) is 6.58 Å². The number of nitrogen functional groups attached to an aromatic ring is 1. The molecule has 0 unspecified atom stereocenters. The number of hydrogen-bond donors (Lipinski definition) is 2. The van der Waals surface area contributed by atoms with E-state index in [-0.39, 0.29) is 24.0 Å². The van der Waals surface area contributed by atoms with E-state index in [9.17, 15) is 14.4 Å². The largest absolute Gasteiger partial charge is 0.482 e. The molecule has 0 atom stereocenters. The lowest BCUT2D eigenvalue weighted by atomic mass is 9.89. The number of nitrogens with two attached hydrogens (primary N) is 1. The van der Waals surface area contributed by atoms with Crippen molar-refractivity contribution in [3.05, 3.63) is 76.7 Å². The highest BCUT2D eigenvalue weighted by atomic mass is 16.5. The molecule has 1 fully saturated rings. The van der Waals surface area contributed by atoms with E-state index in [0.29, 0.717) is 13.1 Å². The van der Waals surface area contributed by atoms with Crippen LogP contribution in [0.2, 0.25) is 0 Å². The number of benzene rings is 1. The van der Waals surface area contributed by atoms with Gasteiger partial charge in [-0.1, -0.05) is 36.4 Å². The van der Waals surface area contributed by atoms with Gasteiger partial charge in [-0.25, -0.2) is 0 Å². The molecule has 1 aliphatic heterocycles. The molecule has 0 bridgehead atoms. The summed E-state index contributed by atoms with van der Waals surface area (Å²) in [6, 6.07) is 10.5. The standard InChI is InChI=1S/C20H22N4O4/c1-3-20(12-23(13-20)14(2)25)22-19(27)17-18(16(26)9-10-24(17)21)28-11-15-7-5-4-6-8-15/h3-10H,1,11-13,21H2,2H3,(H,22,27). The Bertz CT molecular complexity index is 962. The maximum atomic E-state index is 12.9. The fraction of sp³-hybridized carbons (Fsp3) is 0.250. The average molecular weight is 382 g/mol. The van der Waals surface area contributed by atoms with Crippen molar-refractivity contribution in [3.8, 4) is 5.75 Å². The van der Waals surface area contributed by atoms with Crippen molar-refractivity contribution >= 4 is 11.8 Å². The van der Waals surface area contributed by atoms with Crippen LogP contribution >= 0.6 is 0 Å². The van der Waals surface area contributed by atoms with Gasteiger partial charge in [0.25, 0.3) is 5.91 Å². The normalized spacial score (nSPS) is 14.7. The number of amides is 2. The molecule has 0 aliphatic carbocycles. The van der Waals surface area contributed by atoms with Crippen molar-refractivity contribution < 1.29 is 14.3 Å². The molecule has 0 radical (unpaired) electrons. The van der Waals surface area contributed by atoms with Gasteiger partial charge < -0.3 is 20.8 Å². The molecule has 8 nitrogen and oxygen atoms in total. The van der Waals surface area contributed by atoms with Gasteiger partial charge in [0.15, 0.2) is 11.4 Å². The van der Waals surface area contributed by atoms with Gasteiger partial charge in [-0.3, -0.25) is 19.1 Å². The first-order chi connectivity index (χ1) is 13.3. The Kier molecular flexibility index (Phi) is 5.21. The summed E-state index contributed by atoms with van der Waals surface area (Å²) >= 11 is 0. The first-order valence-electron chi connectivity index (χ1n) is 8.74. The Hall–Kier alpha value is -3.55. The Balaban J connectivity index is 1.83. The molecule has 2 aromatic rings. The third-order valence-electron chi connectivity index (χ3n) is 4.67. The van der Waals surface area contributed by atoms with Gasteiger partial charge in [0.1, 0.15) is 6.61 Å². The Morgan fingerprint density at radius 1 is 1.29 bits per heavy atom. The molecule has 1 saturated heterocycles. The average Bonchev–Trinajstić information content (AvgIpc) is 2.65. The number of pyridine rings is 1. The molecular formula is C20H22N4O4. The topological polar surface area (TPSA) is 107 Å². The molecule has 0 saturated carbocycles. The van der Waals surface area contributed by atoms with E-state index in [2.05, 4.69) is 11.9 Å². The third-order valence-corrected chi connectivity index (χ3v) is 4.67. The molecular weight excluding hydrogens is 360 g/mol. The zero-order chi connectivity index (χ0) is 20.3. The van der Waals surface area contributed by atoms with Gasteiger partial charge in [-0.2, -0.15) is 0 Å². The first-order valence-corrected chi connectivity index (χ1v) is 8.74. The summed E-state index contributed by atoms with van der Waals surface area (Å²) in [5.41, 5.74) is -0.467. The van der Waals surface area contributed by atoms with Gasteiger partial charge in [-0.05, 0) is 5.56 Å². The number of carbonyl (C=O) groups excluding carboxylic acids is 2. The summed E-state index contributed by atoms with van der Waals surface area (Å²) < 4.78 is 6.70. The van der Waals surface area contributed by atoms with Crippen LogP contribution in [0.3, 0.4) is 0 Å². The molecule has 1 aromatic carbocycles. The molecule has 1 aliphatic rings. The van der Waals surface area contributed by atoms with E-state index < -0.39 is 16.9 Å². The summed E-state index contributed by atoms with van der Waals surface area (Å²) in [5.74, 6) is 5.10. The van der Waals surface area contributed by atoms with Crippen LogP contribution in [0.15, 0.2) is 60.0 Å². The minimum Gasteiger partial charge on any atom is -0.482 e. The van der Waals surface area contributed by atoms with E-state index >= 15 is 0 Å². The molecule has 8 heteroatoms. The van der Waals surface area contributed by atoms with E-state index in [1.54, 1.807) is 11.0 Å². The number of nitrogens with zero attached hydrogens (tertiary/aromatic N) is 2. The highest BCUT2D eigenvalue weighted by Crippen LogP contribution is 2.24. The third kappa shape index (κ3) is 3.75. The van der Waals surface area contributed by atoms with Crippen molar-refractivity contribution in [2.45, 2.75) is 19.1 Å². The molecule has 0 spiro atoms. The molecule has 2 amide bonds. The number of ether oxygens (including phenoxy) is 1.